The third-order valence-electron chi connectivity index (χ3n) is 5.56. The van der Waals surface area contributed by atoms with Gasteiger partial charge in [-0.3, -0.25) is 23.7 Å². The Kier molecular flexibility index (Phi) is 7.03. The van der Waals surface area contributed by atoms with Crippen molar-refractivity contribution in [1.82, 2.24) is 4.90 Å². The number of aliphatic carboxylic acids is 1. The molecule has 1 aliphatic heterocycles. The number of hydrogen-bond donors (Lipinski definition) is 4. The van der Waals surface area contributed by atoms with Gasteiger partial charge in [0.05, 0.1) is 6.42 Å². The maximum atomic E-state index is 14.9. The predicted octanol–water partition coefficient (Wildman–Crippen LogP) is 3.77. The van der Waals surface area contributed by atoms with Crippen molar-refractivity contribution >= 4 is 32.8 Å². The molecule has 192 valence electrons. The molecule has 0 bridgehead atoms. The molecule has 0 saturated heterocycles. The van der Waals surface area contributed by atoms with Gasteiger partial charge in [-0.25, -0.2) is 13.6 Å². The minimum atomic E-state index is -2.79. The van der Waals surface area contributed by atoms with Gasteiger partial charge in [-0.2, -0.15) is 0 Å². The molecule has 1 unspecified atom stereocenters. The predicted molar refractivity (Wildman–Crippen MR) is 131 cm³/mol. The Morgan fingerprint density at radius 1 is 1.11 bits per heavy atom. The fourth-order valence-electron chi connectivity index (χ4n) is 4.10. The number of thiol groups is 1. The number of hydrogen-bond acceptors (Lipinski definition) is 5. The number of phenolic OH excluding ortho intramolecular Hbond substituents is 1. The van der Waals surface area contributed by atoms with Gasteiger partial charge in [0.25, 0.3) is 5.91 Å². The number of amides is 2. The summed E-state index contributed by atoms with van der Waals surface area (Å²) in [5.74, 6) is -3.44. The quantitative estimate of drug-likeness (QED) is 0.438. The second kappa shape index (κ2) is 9.37. The molecule has 0 aliphatic carbocycles. The largest absolute Gasteiger partial charge is 0.508 e. The van der Waals surface area contributed by atoms with E-state index < -0.39 is 51.2 Å². The van der Waals surface area contributed by atoms with E-state index in [-0.39, 0.29) is 29.5 Å². The monoisotopic (exact) mass is 512 g/mol. The molecule has 0 radical (unpaired) electrons. The summed E-state index contributed by atoms with van der Waals surface area (Å²) in [5.41, 5.74) is 0.923. The Balaban J connectivity index is 1.93. The van der Waals surface area contributed by atoms with E-state index in [1.165, 1.54) is 18.2 Å². The summed E-state index contributed by atoms with van der Waals surface area (Å²) in [6.45, 7) is -0.332. The Hall–Kier alpha value is -3.34. The summed E-state index contributed by atoms with van der Waals surface area (Å²) >= 11 is 0. The molecule has 3 rings (SSSR count). The lowest BCUT2D eigenvalue weighted by Crippen LogP contribution is -2.45. The van der Waals surface area contributed by atoms with Crippen LogP contribution in [0.15, 0.2) is 35.2 Å². The van der Waals surface area contributed by atoms with Crippen molar-refractivity contribution in [2.24, 2.45) is 0 Å². The molecule has 0 saturated carbocycles. The molecule has 2 aromatic rings. The van der Waals surface area contributed by atoms with Crippen LogP contribution in [0.25, 0.3) is 0 Å². The molecule has 2 amide bonds. The summed E-state index contributed by atoms with van der Waals surface area (Å²) in [7, 11) is -2.79. The number of benzene rings is 2. The Labute approximate surface area is 202 Å². The van der Waals surface area contributed by atoms with Crippen LogP contribution in [-0.4, -0.2) is 71.3 Å². The maximum Gasteiger partial charge on any atom is 0.410 e. The molecule has 1 heterocycles. The minimum absolute atomic E-state index is 0.00359. The number of carboxylic acid groups (broad SMARTS) is 1. The molecule has 3 N–H and O–H groups in total. The van der Waals surface area contributed by atoms with Gasteiger partial charge in [-0.05, 0) is 66.8 Å². The first-order chi connectivity index (χ1) is 16.1. The number of nitrogens with one attached hydrogen (secondary N) is 1. The highest BCUT2D eigenvalue weighted by Gasteiger charge is 2.37. The second-order valence-electron chi connectivity index (χ2n) is 10.3. The second-order valence-corrected chi connectivity index (χ2v) is 17.9. The third-order valence-corrected chi connectivity index (χ3v) is 7.77. The average Bonchev–Trinajstić information content (AvgIpc) is 2.70. The summed E-state index contributed by atoms with van der Waals surface area (Å²) in [5, 5.41) is 21.1. The van der Waals surface area contributed by atoms with Crippen LogP contribution in [0.4, 0.5) is 19.3 Å². The summed E-state index contributed by atoms with van der Waals surface area (Å²) in [6.07, 6.45) is 6.26. The lowest BCUT2D eigenvalue weighted by molar-refractivity contribution is -0.138. The summed E-state index contributed by atoms with van der Waals surface area (Å²) in [4.78, 5) is 37.9. The maximum absolute atomic E-state index is 14.9. The molecule has 1 aliphatic rings. The number of carboxylic acids is 1. The van der Waals surface area contributed by atoms with Gasteiger partial charge in [0.2, 0.25) is 0 Å². The zero-order chi connectivity index (χ0) is 26.2. The van der Waals surface area contributed by atoms with E-state index >= 15 is 0 Å². The normalized spacial score (nSPS) is 16.6. The number of carbonyl (C=O) groups is 3. The fraction of sp³-hybridized carbons (Fsp3) is 0.375. The van der Waals surface area contributed by atoms with E-state index in [9.17, 15) is 28.3 Å². The molecule has 8 nitrogen and oxygen atoms in total. The average molecular weight is 513 g/mol. The lowest BCUT2D eigenvalue weighted by atomic mass is 9.92. The summed E-state index contributed by atoms with van der Waals surface area (Å²) in [6, 6.07) is 5.20. The van der Waals surface area contributed by atoms with Crippen molar-refractivity contribution in [3.8, 4) is 5.75 Å². The van der Waals surface area contributed by atoms with Gasteiger partial charge in [-0.15, -0.1) is 0 Å². The first-order valence-electron chi connectivity index (χ1n) is 10.9. The number of aromatic hydroxyl groups is 1. The molecule has 35 heavy (non-hydrogen) atoms. The van der Waals surface area contributed by atoms with Crippen molar-refractivity contribution in [1.29, 1.82) is 0 Å². The van der Waals surface area contributed by atoms with Gasteiger partial charge in [-0.1, -0.05) is 6.07 Å². The van der Waals surface area contributed by atoms with Crippen LogP contribution in [-0.2, 0) is 20.7 Å². The molecule has 0 spiro atoms. The number of carbonyl (C=O) groups excluding carboxylic acids is 2. The van der Waals surface area contributed by atoms with Crippen molar-refractivity contribution in [2.75, 3.05) is 43.5 Å². The van der Waals surface area contributed by atoms with Crippen LogP contribution in [0.2, 0.25) is 0 Å². The molecule has 11 heteroatoms. The fourth-order valence-corrected chi connectivity index (χ4v) is 5.94. The van der Waals surface area contributed by atoms with E-state index in [1.807, 2.05) is 25.0 Å². The number of ether oxygens (including phenoxy) is 1. The van der Waals surface area contributed by atoms with Crippen LogP contribution in [0.1, 0.15) is 23.6 Å². The lowest BCUT2D eigenvalue weighted by Gasteiger charge is -2.47. The number of nitrogens with zero attached hydrogens (tertiary/aromatic N) is 1. The highest BCUT2D eigenvalue weighted by Crippen LogP contribution is 2.65. The van der Waals surface area contributed by atoms with E-state index in [4.69, 9.17) is 9.84 Å². The smallest absolute Gasteiger partial charge is 0.410 e. The highest BCUT2D eigenvalue weighted by atomic mass is 32.3. The standard InChI is InChI=1S/C24H30F2N2O6S/c1-35(2,3,4)22-18(25)12-15(13-19(22)26)27-23(32)21-17-6-5-16(29)11-14(17)7-9-28(21)24(33)34-10-8-20(30)31/h5-6,11-13,21,29,35H,7-10H2,1-4H3,(H,27,32)(H,30,31). The Morgan fingerprint density at radius 2 is 1.74 bits per heavy atom. The van der Waals surface area contributed by atoms with Crippen molar-refractivity contribution in [2.45, 2.75) is 23.8 Å². The number of anilines is 1. The Morgan fingerprint density at radius 3 is 2.31 bits per heavy atom. The Bertz CT molecular complexity index is 1160. The van der Waals surface area contributed by atoms with Gasteiger partial charge < -0.3 is 20.3 Å². The van der Waals surface area contributed by atoms with Gasteiger partial charge in [0, 0.05) is 17.1 Å². The van der Waals surface area contributed by atoms with E-state index in [0.717, 1.165) is 17.0 Å². The molecule has 0 fully saturated rings. The number of halogens is 2. The van der Waals surface area contributed by atoms with Crippen molar-refractivity contribution in [3.05, 3.63) is 53.1 Å². The van der Waals surface area contributed by atoms with Crippen LogP contribution in [0, 0.1) is 11.6 Å². The molecular weight excluding hydrogens is 482 g/mol. The molecule has 2 aromatic carbocycles. The highest BCUT2D eigenvalue weighted by molar-refractivity contribution is 8.47. The summed E-state index contributed by atoms with van der Waals surface area (Å²) < 4.78 is 34.9. The van der Waals surface area contributed by atoms with E-state index in [2.05, 4.69) is 5.32 Å². The van der Waals surface area contributed by atoms with Gasteiger partial charge >= 0.3 is 12.1 Å². The topological polar surface area (TPSA) is 116 Å². The van der Waals surface area contributed by atoms with Crippen LogP contribution >= 0.6 is 9.16 Å². The third kappa shape index (κ3) is 6.02. The zero-order valence-electron chi connectivity index (χ0n) is 20.0. The van der Waals surface area contributed by atoms with Crippen LogP contribution < -0.4 is 5.32 Å². The van der Waals surface area contributed by atoms with Crippen LogP contribution in [0.5, 0.6) is 5.75 Å². The first kappa shape index (κ1) is 26.3. The van der Waals surface area contributed by atoms with Gasteiger partial charge in [0.15, 0.2) is 0 Å². The molecule has 1 atom stereocenters. The first-order valence-corrected chi connectivity index (χ1v) is 14.9. The molecule has 0 aromatic heterocycles. The van der Waals surface area contributed by atoms with E-state index in [1.54, 1.807) is 0 Å². The minimum Gasteiger partial charge on any atom is -0.508 e. The van der Waals surface area contributed by atoms with Crippen molar-refractivity contribution < 1.29 is 38.1 Å². The number of fused-ring (bicyclic) bond motifs is 1. The zero-order valence-corrected chi connectivity index (χ0v) is 20.9. The SMILES string of the molecule is C[SH](C)(C)(C)c1c(F)cc(NC(=O)C2c3ccc(O)cc3CCN2C(=O)OCCC(=O)O)cc1F. The van der Waals surface area contributed by atoms with Crippen LogP contribution in [0.3, 0.4) is 0 Å². The molecular formula is C24H30F2N2O6S. The van der Waals surface area contributed by atoms with Crippen molar-refractivity contribution in [3.63, 3.8) is 0 Å². The van der Waals surface area contributed by atoms with E-state index in [0.29, 0.717) is 17.5 Å². The number of phenols is 1. The van der Waals surface area contributed by atoms with Gasteiger partial charge in [0.1, 0.15) is 30.0 Å². The number of rotatable bonds is 6.